The third-order valence-electron chi connectivity index (χ3n) is 3.53. The third-order valence-corrected chi connectivity index (χ3v) is 3.53. The van der Waals surface area contributed by atoms with Crippen molar-refractivity contribution in [1.82, 2.24) is 14.6 Å². The molecule has 0 aliphatic heterocycles. The van der Waals surface area contributed by atoms with E-state index in [4.69, 9.17) is 10.00 Å². The molecule has 0 aliphatic carbocycles. The maximum Gasteiger partial charge on any atom is 0.249 e. The molecule has 3 aromatic rings. The van der Waals surface area contributed by atoms with Crippen LogP contribution in [0.15, 0.2) is 36.5 Å². The maximum absolute atomic E-state index is 14.1. The minimum atomic E-state index is -0.384. The predicted molar refractivity (Wildman–Crippen MR) is 88.4 cm³/mol. The highest BCUT2D eigenvalue weighted by atomic mass is 19.1. The van der Waals surface area contributed by atoms with Crippen LogP contribution >= 0.6 is 0 Å². The van der Waals surface area contributed by atoms with Crippen LogP contribution in [0.2, 0.25) is 0 Å². The van der Waals surface area contributed by atoms with E-state index in [2.05, 4.69) is 15.4 Å². The third kappa shape index (κ3) is 3.55. The van der Waals surface area contributed by atoms with Crippen LogP contribution in [-0.2, 0) is 4.79 Å². The number of nitrogens with one attached hydrogen (secondary N) is 1. The number of benzene rings is 1. The summed E-state index contributed by atoms with van der Waals surface area (Å²) in [5.41, 5.74) is 1.47. The van der Waals surface area contributed by atoms with Gasteiger partial charge in [0.1, 0.15) is 11.6 Å². The molecule has 2 heterocycles. The van der Waals surface area contributed by atoms with Crippen molar-refractivity contribution >= 4 is 17.5 Å². The van der Waals surface area contributed by atoms with Crippen molar-refractivity contribution in [2.45, 2.75) is 12.8 Å². The summed E-state index contributed by atoms with van der Waals surface area (Å²) < 4.78 is 20.7. The average molecular weight is 339 g/mol. The lowest BCUT2D eigenvalue weighted by molar-refractivity contribution is -0.116. The summed E-state index contributed by atoms with van der Waals surface area (Å²) >= 11 is 0. The van der Waals surface area contributed by atoms with E-state index in [0.717, 1.165) is 0 Å². The highest BCUT2D eigenvalue weighted by Gasteiger charge is 2.11. The molecule has 1 amide bonds. The van der Waals surface area contributed by atoms with Crippen LogP contribution in [0.1, 0.15) is 12.8 Å². The van der Waals surface area contributed by atoms with E-state index in [1.54, 1.807) is 30.5 Å². The van der Waals surface area contributed by atoms with Crippen LogP contribution in [0, 0.1) is 17.1 Å². The minimum Gasteiger partial charge on any atom is -0.497 e. The van der Waals surface area contributed by atoms with Crippen molar-refractivity contribution in [3.63, 3.8) is 0 Å². The molecule has 1 N–H and O–H groups in total. The molecule has 0 spiro atoms. The number of methoxy groups -OCH3 is 1. The van der Waals surface area contributed by atoms with Gasteiger partial charge in [-0.15, -0.1) is 5.10 Å². The van der Waals surface area contributed by atoms with Gasteiger partial charge in [0.05, 0.1) is 13.2 Å². The summed E-state index contributed by atoms with van der Waals surface area (Å²) in [6.07, 6.45) is 1.82. The minimum absolute atomic E-state index is 0.0757. The number of rotatable bonds is 5. The Labute approximate surface area is 142 Å². The van der Waals surface area contributed by atoms with Gasteiger partial charge in [-0.05, 0) is 30.3 Å². The Morgan fingerprint density at radius 3 is 3.00 bits per heavy atom. The van der Waals surface area contributed by atoms with E-state index < -0.39 is 0 Å². The van der Waals surface area contributed by atoms with E-state index in [1.807, 2.05) is 6.07 Å². The number of anilines is 1. The smallest absolute Gasteiger partial charge is 0.249 e. The number of hydrogen-bond acceptors (Lipinski definition) is 5. The molecule has 0 atom stereocenters. The van der Waals surface area contributed by atoms with Crippen molar-refractivity contribution in [3.8, 4) is 22.9 Å². The summed E-state index contributed by atoms with van der Waals surface area (Å²) in [6.45, 7) is 0. The number of hydrogen-bond donors (Lipinski definition) is 1. The predicted octanol–water partition coefficient (Wildman–Crippen LogP) is 2.79. The molecule has 3 rings (SSSR count). The number of pyridine rings is 1. The maximum atomic E-state index is 14.1. The Hall–Kier alpha value is -3.47. The van der Waals surface area contributed by atoms with Crippen LogP contribution in [0.4, 0.5) is 10.3 Å². The molecular formula is C17H14FN5O2. The first-order valence-electron chi connectivity index (χ1n) is 7.48. The lowest BCUT2D eigenvalue weighted by Crippen LogP contribution is -2.12. The van der Waals surface area contributed by atoms with E-state index in [0.29, 0.717) is 22.5 Å². The Balaban J connectivity index is 1.90. The molecule has 2 aromatic heterocycles. The van der Waals surface area contributed by atoms with Gasteiger partial charge in [-0.2, -0.15) is 10.2 Å². The molecule has 0 unspecified atom stereocenters. The zero-order valence-electron chi connectivity index (χ0n) is 13.4. The highest BCUT2D eigenvalue weighted by Crippen LogP contribution is 2.27. The number of fused-ring (bicyclic) bond motifs is 1. The lowest BCUT2D eigenvalue weighted by Gasteiger charge is -2.06. The van der Waals surface area contributed by atoms with Gasteiger partial charge in [-0.1, -0.05) is 0 Å². The van der Waals surface area contributed by atoms with Gasteiger partial charge in [0.25, 0.3) is 0 Å². The highest BCUT2D eigenvalue weighted by molar-refractivity contribution is 5.89. The van der Waals surface area contributed by atoms with Crippen LogP contribution in [0.5, 0.6) is 5.75 Å². The molecule has 0 fully saturated rings. The Morgan fingerprint density at radius 1 is 1.40 bits per heavy atom. The summed E-state index contributed by atoms with van der Waals surface area (Å²) in [5.74, 6) is -0.0476. The topological polar surface area (TPSA) is 92.3 Å². The molecule has 25 heavy (non-hydrogen) atoms. The van der Waals surface area contributed by atoms with E-state index >= 15 is 0 Å². The van der Waals surface area contributed by atoms with Gasteiger partial charge >= 0.3 is 0 Å². The van der Waals surface area contributed by atoms with Gasteiger partial charge in [-0.3, -0.25) is 10.1 Å². The molecule has 0 bridgehead atoms. The fraction of sp³-hybridized carbons (Fsp3) is 0.176. The molecular weight excluding hydrogens is 325 g/mol. The van der Waals surface area contributed by atoms with Crippen LogP contribution in [0.3, 0.4) is 0 Å². The van der Waals surface area contributed by atoms with Crippen molar-refractivity contribution in [2.24, 2.45) is 0 Å². The van der Waals surface area contributed by atoms with Crippen LogP contribution < -0.4 is 10.1 Å². The molecule has 0 aliphatic rings. The number of nitrogens with zero attached hydrogens (tertiary/aromatic N) is 4. The number of halogens is 1. The van der Waals surface area contributed by atoms with Gasteiger partial charge in [-0.25, -0.2) is 8.91 Å². The second-order valence-electron chi connectivity index (χ2n) is 5.21. The monoisotopic (exact) mass is 339 g/mol. The summed E-state index contributed by atoms with van der Waals surface area (Å²) in [7, 11) is 1.51. The fourth-order valence-electron chi connectivity index (χ4n) is 2.30. The molecule has 1 aromatic carbocycles. The first-order chi connectivity index (χ1) is 12.1. The van der Waals surface area contributed by atoms with Gasteiger partial charge in [0, 0.05) is 30.2 Å². The zero-order chi connectivity index (χ0) is 17.8. The Bertz CT molecular complexity index is 977. The number of nitriles is 1. The standard InChI is InChI=1S/C17H14FN5O2/c1-25-12-5-6-14(18)13(9-12)11-4-7-15-20-17(22-23(15)10-11)21-16(24)3-2-8-19/h4-7,9-10H,2-3H2,1H3,(H,21,22,24). The van der Waals surface area contributed by atoms with E-state index in [-0.39, 0.29) is 30.5 Å². The van der Waals surface area contributed by atoms with Crippen molar-refractivity contribution < 1.29 is 13.9 Å². The number of aromatic nitrogens is 3. The number of carbonyl (C=O) groups excluding carboxylic acids is 1. The van der Waals surface area contributed by atoms with E-state index in [9.17, 15) is 9.18 Å². The van der Waals surface area contributed by atoms with Gasteiger partial charge < -0.3 is 4.74 Å². The van der Waals surface area contributed by atoms with Gasteiger partial charge in [0.15, 0.2) is 5.65 Å². The molecule has 0 radical (unpaired) electrons. The van der Waals surface area contributed by atoms with E-state index in [1.165, 1.54) is 17.7 Å². The summed E-state index contributed by atoms with van der Waals surface area (Å²) in [5, 5.41) is 15.2. The second kappa shape index (κ2) is 6.97. The van der Waals surface area contributed by atoms with Crippen molar-refractivity contribution in [1.29, 1.82) is 5.26 Å². The molecule has 8 heteroatoms. The van der Waals surface area contributed by atoms with Gasteiger partial charge in [0.2, 0.25) is 11.9 Å². The average Bonchev–Trinajstić information content (AvgIpc) is 3.01. The zero-order valence-corrected chi connectivity index (χ0v) is 13.4. The Kier molecular flexibility index (Phi) is 4.57. The quantitative estimate of drug-likeness (QED) is 0.771. The summed E-state index contributed by atoms with van der Waals surface area (Å²) in [6, 6.07) is 9.76. The van der Waals surface area contributed by atoms with Crippen molar-refractivity contribution in [2.75, 3.05) is 12.4 Å². The molecule has 126 valence electrons. The Morgan fingerprint density at radius 2 is 2.24 bits per heavy atom. The SMILES string of the molecule is COc1ccc(F)c(-c2ccc3nc(NC(=O)CCC#N)nn3c2)c1. The first-order valence-corrected chi connectivity index (χ1v) is 7.48. The second-order valence-corrected chi connectivity index (χ2v) is 5.21. The number of ether oxygens (including phenoxy) is 1. The molecule has 0 saturated heterocycles. The molecule has 7 nitrogen and oxygen atoms in total. The fourth-order valence-corrected chi connectivity index (χ4v) is 2.30. The van der Waals surface area contributed by atoms with Crippen LogP contribution in [-0.4, -0.2) is 27.6 Å². The summed E-state index contributed by atoms with van der Waals surface area (Å²) in [4.78, 5) is 15.8. The van der Waals surface area contributed by atoms with Crippen molar-refractivity contribution in [3.05, 3.63) is 42.3 Å². The normalized spacial score (nSPS) is 10.4. The van der Waals surface area contributed by atoms with Crippen LogP contribution in [0.25, 0.3) is 16.8 Å². The molecule has 0 saturated carbocycles. The lowest BCUT2D eigenvalue weighted by atomic mass is 10.1. The number of carbonyl (C=O) groups is 1. The number of amides is 1. The first kappa shape index (κ1) is 16.4. The largest absolute Gasteiger partial charge is 0.497 e.